The summed E-state index contributed by atoms with van der Waals surface area (Å²) in [6.07, 6.45) is 0. The van der Waals surface area contributed by atoms with Crippen molar-refractivity contribution in [2.24, 2.45) is 5.73 Å². The number of hydrogen-bond acceptors (Lipinski definition) is 3. The molecule has 1 heterocycles. The lowest BCUT2D eigenvalue weighted by molar-refractivity contribution is 0.0643. The fraction of sp³-hybridized carbons (Fsp3) is 0.538. The van der Waals surface area contributed by atoms with Gasteiger partial charge in [0.2, 0.25) is 0 Å². The van der Waals surface area contributed by atoms with Crippen LogP contribution in [-0.4, -0.2) is 25.3 Å². The molecule has 2 rings (SSSR count). The van der Waals surface area contributed by atoms with Gasteiger partial charge < -0.3 is 15.4 Å². The SMILES string of the molecule is CC1(C)COCCN1c1cc(Cl)ccc1CN. The fourth-order valence-corrected chi connectivity index (χ4v) is 2.43. The Labute approximate surface area is 107 Å². The summed E-state index contributed by atoms with van der Waals surface area (Å²) in [6, 6.07) is 5.89. The third kappa shape index (κ3) is 2.57. The highest BCUT2D eigenvalue weighted by atomic mass is 35.5. The molecule has 0 aromatic heterocycles. The molecule has 0 unspecified atom stereocenters. The van der Waals surface area contributed by atoms with Gasteiger partial charge in [0.15, 0.2) is 0 Å². The molecule has 3 nitrogen and oxygen atoms in total. The molecule has 0 atom stereocenters. The first-order chi connectivity index (χ1) is 8.04. The van der Waals surface area contributed by atoms with Crippen molar-refractivity contribution in [3.63, 3.8) is 0 Å². The number of ether oxygens (including phenoxy) is 1. The van der Waals surface area contributed by atoms with Gasteiger partial charge in [0.05, 0.1) is 18.8 Å². The average Bonchev–Trinajstić information content (AvgIpc) is 2.28. The Hall–Kier alpha value is -0.770. The van der Waals surface area contributed by atoms with Crippen molar-refractivity contribution in [1.82, 2.24) is 0 Å². The standard InChI is InChI=1S/C13H19ClN2O/c1-13(2)9-17-6-5-16(13)12-7-11(14)4-3-10(12)8-15/h3-4,7H,5-6,8-9,15H2,1-2H3. The zero-order valence-electron chi connectivity index (χ0n) is 10.4. The van der Waals surface area contributed by atoms with Crippen LogP contribution in [0.15, 0.2) is 18.2 Å². The van der Waals surface area contributed by atoms with Gasteiger partial charge >= 0.3 is 0 Å². The lowest BCUT2D eigenvalue weighted by Crippen LogP contribution is -2.53. The summed E-state index contributed by atoms with van der Waals surface area (Å²) < 4.78 is 5.53. The number of nitrogens with zero attached hydrogens (tertiary/aromatic N) is 1. The zero-order valence-corrected chi connectivity index (χ0v) is 11.1. The summed E-state index contributed by atoms with van der Waals surface area (Å²) in [6.45, 7) is 7.23. The summed E-state index contributed by atoms with van der Waals surface area (Å²) in [5.74, 6) is 0. The van der Waals surface area contributed by atoms with E-state index in [1.54, 1.807) is 0 Å². The number of halogens is 1. The lowest BCUT2D eigenvalue weighted by atomic mass is 9.99. The van der Waals surface area contributed by atoms with Crippen molar-refractivity contribution in [2.45, 2.75) is 25.9 Å². The van der Waals surface area contributed by atoms with E-state index in [1.807, 2.05) is 18.2 Å². The van der Waals surface area contributed by atoms with Gasteiger partial charge in [-0.15, -0.1) is 0 Å². The first kappa shape index (κ1) is 12.7. The number of benzene rings is 1. The van der Waals surface area contributed by atoms with E-state index in [0.29, 0.717) is 6.54 Å². The Bertz CT molecular complexity index is 406. The first-order valence-electron chi connectivity index (χ1n) is 5.88. The third-order valence-corrected chi connectivity index (χ3v) is 3.44. The quantitative estimate of drug-likeness (QED) is 0.881. The van der Waals surface area contributed by atoms with Crippen molar-refractivity contribution in [2.75, 3.05) is 24.7 Å². The Kier molecular flexibility index (Phi) is 3.61. The van der Waals surface area contributed by atoms with Gasteiger partial charge in [-0.3, -0.25) is 0 Å². The fourth-order valence-electron chi connectivity index (χ4n) is 2.27. The second kappa shape index (κ2) is 4.84. The van der Waals surface area contributed by atoms with E-state index >= 15 is 0 Å². The van der Waals surface area contributed by atoms with Crippen LogP contribution in [0, 0.1) is 0 Å². The summed E-state index contributed by atoms with van der Waals surface area (Å²) in [4.78, 5) is 2.34. The molecule has 1 saturated heterocycles. The first-order valence-corrected chi connectivity index (χ1v) is 6.26. The molecule has 94 valence electrons. The number of nitrogens with two attached hydrogens (primary N) is 1. The molecule has 1 aliphatic heterocycles. The second-order valence-electron chi connectivity index (χ2n) is 4.99. The predicted octanol–water partition coefficient (Wildman–Crippen LogP) is 2.41. The van der Waals surface area contributed by atoms with Crippen LogP contribution >= 0.6 is 11.6 Å². The van der Waals surface area contributed by atoms with E-state index in [2.05, 4.69) is 18.7 Å². The monoisotopic (exact) mass is 254 g/mol. The van der Waals surface area contributed by atoms with Crippen LogP contribution in [0.1, 0.15) is 19.4 Å². The molecule has 4 heteroatoms. The third-order valence-electron chi connectivity index (χ3n) is 3.20. The maximum absolute atomic E-state index is 6.09. The highest BCUT2D eigenvalue weighted by Crippen LogP contribution is 2.31. The summed E-state index contributed by atoms with van der Waals surface area (Å²) in [5, 5.41) is 0.750. The molecule has 17 heavy (non-hydrogen) atoms. The number of anilines is 1. The summed E-state index contributed by atoms with van der Waals surface area (Å²) in [7, 11) is 0. The minimum absolute atomic E-state index is 0.0210. The molecule has 1 fully saturated rings. The second-order valence-corrected chi connectivity index (χ2v) is 5.43. The van der Waals surface area contributed by atoms with Crippen molar-refractivity contribution < 1.29 is 4.74 Å². The van der Waals surface area contributed by atoms with Crippen LogP contribution in [0.5, 0.6) is 0 Å². The topological polar surface area (TPSA) is 38.5 Å². The molecule has 2 N–H and O–H groups in total. The minimum atomic E-state index is -0.0210. The summed E-state index contributed by atoms with van der Waals surface area (Å²) >= 11 is 6.09. The normalized spacial score (nSPS) is 19.4. The molecule has 0 bridgehead atoms. The van der Waals surface area contributed by atoms with Crippen LogP contribution in [-0.2, 0) is 11.3 Å². The maximum Gasteiger partial charge on any atom is 0.0694 e. The predicted molar refractivity (Wildman–Crippen MR) is 71.6 cm³/mol. The smallest absolute Gasteiger partial charge is 0.0694 e. The van der Waals surface area contributed by atoms with Crippen LogP contribution in [0.25, 0.3) is 0 Å². The minimum Gasteiger partial charge on any atom is -0.377 e. The molecule has 1 aromatic rings. The maximum atomic E-state index is 6.09. The van der Waals surface area contributed by atoms with E-state index in [-0.39, 0.29) is 5.54 Å². The molecule has 0 spiro atoms. The van der Waals surface area contributed by atoms with Gasteiger partial charge in [-0.1, -0.05) is 17.7 Å². The molecule has 0 radical (unpaired) electrons. The number of rotatable bonds is 2. The van der Waals surface area contributed by atoms with Crippen molar-refractivity contribution in [3.8, 4) is 0 Å². The van der Waals surface area contributed by atoms with Gasteiger partial charge in [0, 0.05) is 23.8 Å². The van der Waals surface area contributed by atoms with Crippen LogP contribution in [0.2, 0.25) is 5.02 Å². The molecular formula is C13H19ClN2O. The van der Waals surface area contributed by atoms with Crippen molar-refractivity contribution in [3.05, 3.63) is 28.8 Å². The van der Waals surface area contributed by atoms with E-state index in [1.165, 1.54) is 0 Å². The van der Waals surface area contributed by atoms with Crippen LogP contribution < -0.4 is 10.6 Å². The van der Waals surface area contributed by atoms with E-state index in [9.17, 15) is 0 Å². The Morgan fingerprint density at radius 2 is 2.24 bits per heavy atom. The van der Waals surface area contributed by atoms with Gasteiger partial charge in [-0.05, 0) is 31.5 Å². The van der Waals surface area contributed by atoms with E-state index in [4.69, 9.17) is 22.1 Å². The molecule has 0 amide bonds. The number of morpholine rings is 1. The van der Waals surface area contributed by atoms with Gasteiger partial charge in [0.25, 0.3) is 0 Å². The van der Waals surface area contributed by atoms with Crippen LogP contribution in [0.4, 0.5) is 5.69 Å². The van der Waals surface area contributed by atoms with Crippen molar-refractivity contribution in [1.29, 1.82) is 0 Å². The molecule has 1 aliphatic rings. The molecule has 0 aliphatic carbocycles. The molecule has 0 saturated carbocycles. The Morgan fingerprint density at radius 3 is 2.88 bits per heavy atom. The van der Waals surface area contributed by atoms with Crippen LogP contribution in [0.3, 0.4) is 0 Å². The Morgan fingerprint density at radius 1 is 1.47 bits per heavy atom. The van der Waals surface area contributed by atoms with Gasteiger partial charge in [-0.2, -0.15) is 0 Å². The number of hydrogen-bond donors (Lipinski definition) is 1. The van der Waals surface area contributed by atoms with E-state index < -0.39 is 0 Å². The summed E-state index contributed by atoms with van der Waals surface area (Å²) in [5.41, 5.74) is 8.04. The Balaban J connectivity index is 2.40. The molecule has 1 aromatic carbocycles. The van der Waals surface area contributed by atoms with Gasteiger partial charge in [-0.25, -0.2) is 0 Å². The van der Waals surface area contributed by atoms with Crippen molar-refractivity contribution >= 4 is 17.3 Å². The highest BCUT2D eigenvalue weighted by molar-refractivity contribution is 6.30. The van der Waals surface area contributed by atoms with Gasteiger partial charge in [0.1, 0.15) is 0 Å². The largest absolute Gasteiger partial charge is 0.377 e. The van der Waals surface area contributed by atoms with E-state index in [0.717, 1.165) is 36.0 Å². The highest BCUT2D eigenvalue weighted by Gasteiger charge is 2.31. The zero-order chi connectivity index (χ0) is 12.5. The average molecular weight is 255 g/mol. The lowest BCUT2D eigenvalue weighted by Gasteiger charge is -2.44. The molecular weight excluding hydrogens is 236 g/mol.